The van der Waals surface area contributed by atoms with Gasteiger partial charge in [-0.1, -0.05) is 188 Å². The van der Waals surface area contributed by atoms with Crippen molar-refractivity contribution in [1.29, 1.82) is 0 Å². The minimum Gasteiger partial charge on any atom is -0.309 e. The summed E-state index contributed by atoms with van der Waals surface area (Å²) in [6, 6.07) is 110. The summed E-state index contributed by atoms with van der Waals surface area (Å²) in [5, 5.41) is 19.4. The number of hydrogen-bond donors (Lipinski definition) is 0. The number of aromatic nitrogens is 2. The lowest BCUT2D eigenvalue weighted by Gasteiger charge is -2.32. The van der Waals surface area contributed by atoms with Crippen molar-refractivity contribution in [3.63, 3.8) is 0 Å². The van der Waals surface area contributed by atoms with Crippen molar-refractivity contribution in [3.8, 4) is 0 Å². The molecule has 0 aliphatic heterocycles. The zero-order valence-corrected chi connectivity index (χ0v) is 74.0. The molecule has 0 aliphatic rings. The first-order valence-corrected chi connectivity index (χ1v) is 44.0. The molecule has 6 nitrogen and oxygen atoms in total. The van der Waals surface area contributed by atoms with Crippen molar-refractivity contribution in [2.24, 2.45) is 0 Å². The fraction of sp³-hybridized carbons (Fsp3) is 0.153. The fourth-order valence-electron chi connectivity index (χ4n) is 21.4. The Morgan fingerprint density at radius 3 is 0.831 bits per heavy atom. The number of fused-ring (bicyclic) bond motifs is 16. The molecule has 602 valence electrons. The predicted molar refractivity (Wildman–Crippen MR) is 534 cm³/mol. The van der Waals surface area contributed by atoms with E-state index in [0.717, 1.165) is 40.5 Å². The van der Waals surface area contributed by atoms with E-state index < -0.39 is 0 Å². The standard InChI is InChI=1S/C118H100N6/c1-66-44-46-69(4)102(50-66)121(101-43-27-18-30-68(101)3)117-94-37-25-21-33-86(94)64-107-111(117)98-41-29-42-99-112-108(124(107)114(98)99)65-87-34-22-26-38-95(87)118(112)122(103-51-67(2)45-47-70(103)5)104-61-83(49-48-71(104)6)60-100-78(13)58-91(59-79(100)14)120(90-56-76(11)82(17)77(12)57-90)116-93-36-24-20-32-85(93)63-106-110(116)97-40-28-39-96-109-105(123(106)113(96)97)62-84-31-19-23-35-92(84)115(109)119(88-52-72(7)80(15)73(8)53-88)89-54-74(9)81(16)75(10)55-89/h18-59,61-65H,60H2,1-17H3. The van der Waals surface area contributed by atoms with Crippen LogP contribution in [0.4, 0.5) is 68.2 Å². The molecule has 0 atom stereocenters. The lowest BCUT2D eigenvalue weighted by molar-refractivity contribution is 1.10. The normalized spacial score (nSPS) is 12.1. The molecular formula is C118H100N6. The van der Waals surface area contributed by atoms with Crippen molar-refractivity contribution in [1.82, 2.24) is 8.80 Å². The Morgan fingerprint density at radius 1 is 0.210 bits per heavy atom. The van der Waals surface area contributed by atoms with Crippen LogP contribution in [0.15, 0.2) is 285 Å². The number of hydrogen-bond acceptors (Lipinski definition) is 4. The number of rotatable bonds is 14. The van der Waals surface area contributed by atoms with E-state index in [1.807, 2.05) is 0 Å². The zero-order valence-electron chi connectivity index (χ0n) is 74.0. The second-order valence-electron chi connectivity index (χ2n) is 36.1. The van der Waals surface area contributed by atoms with Gasteiger partial charge in [0.15, 0.2) is 0 Å². The molecule has 0 radical (unpaired) electrons. The Balaban J connectivity index is 0.735. The van der Waals surface area contributed by atoms with Crippen LogP contribution in [-0.2, 0) is 6.42 Å². The summed E-state index contributed by atoms with van der Waals surface area (Å²) in [5.41, 5.74) is 45.1. The van der Waals surface area contributed by atoms with Crippen LogP contribution in [-0.4, -0.2) is 8.80 Å². The van der Waals surface area contributed by atoms with E-state index in [2.05, 4.69) is 431 Å². The van der Waals surface area contributed by atoms with E-state index in [0.29, 0.717) is 0 Å². The van der Waals surface area contributed by atoms with Gasteiger partial charge in [0, 0.05) is 110 Å². The smallest absolute Gasteiger partial charge is 0.0640 e. The first-order chi connectivity index (χ1) is 60.0. The number of benzene rings is 18. The Bertz CT molecular complexity index is 8180. The molecule has 0 N–H and O–H groups in total. The molecule has 0 fully saturated rings. The zero-order chi connectivity index (χ0) is 85.0. The molecule has 22 aromatic rings. The van der Waals surface area contributed by atoms with Crippen LogP contribution in [0, 0.1) is 118 Å². The van der Waals surface area contributed by atoms with E-state index in [4.69, 9.17) is 0 Å². The summed E-state index contributed by atoms with van der Waals surface area (Å²) in [5.74, 6) is 0. The van der Waals surface area contributed by atoms with Gasteiger partial charge in [-0.05, 0) is 348 Å². The predicted octanol–water partition coefficient (Wildman–Crippen LogP) is 33.3. The summed E-state index contributed by atoms with van der Waals surface area (Å²) in [7, 11) is 0. The topological polar surface area (TPSA) is 21.8 Å². The summed E-state index contributed by atoms with van der Waals surface area (Å²) in [4.78, 5) is 10.5. The van der Waals surface area contributed by atoms with E-state index in [-0.39, 0.29) is 0 Å². The molecule has 0 saturated heterocycles. The molecule has 0 saturated carbocycles. The van der Waals surface area contributed by atoms with Gasteiger partial charge in [-0.3, -0.25) is 0 Å². The lowest BCUT2D eigenvalue weighted by atomic mass is 9.92. The Labute approximate surface area is 726 Å². The van der Waals surface area contributed by atoms with Gasteiger partial charge >= 0.3 is 0 Å². The molecule has 18 aromatic carbocycles. The second-order valence-corrected chi connectivity index (χ2v) is 36.1. The van der Waals surface area contributed by atoms with Gasteiger partial charge < -0.3 is 28.4 Å². The van der Waals surface area contributed by atoms with E-state index in [1.165, 1.54) is 259 Å². The maximum Gasteiger partial charge on any atom is 0.0640 e. The van der Waals surface area contributed by atoms with E-state index >= 15 is 0 Å². The van der Waals surface area contributed by atoms with Crippen molar-refractivity contribution >= 4 is 188 Å². The van der Waals surface area contributed by atoms with Gasteiger partial charge in [0.2, 0.25) is 0 Å². The van der Waals surface area contributed by atoms with Gasteiger partial charge in [-0.25, -0.2) is 0 Å². The highest BCUT2D eigenvalue weighted by molar-refractivity contribution is 6.36. The van der Waals surface area contributed by atoms with Gasteiger partial charge in [-0.2, -0.15) is 0 Å². The molecule has 0 bridgehead atoms. The van der Waals surface area contributed by atoms with Gasteiger partial charge in [0.05, 0.1) is 55.8 Å². The first-order valence-electron chi connectivity index (χ1n) is 44.0. The molecule has 4 heterocycles. The molecule has 4 aromatic heterocycles. The Morgan fingerprint density at radius 2 is 0.484 bits per heavy atom. The minimum absolute atomic E-state index is 0.728. The Kier molecular flexibility index (Phi) is 17.4. The molecule has 0 unspecified atom stereocenters. The number of para-hydroxylation sites is 3. The first kappa shape index (κ1) is 76.0. The summed E-state index contributed by atoms with van der Waals surface area (Å²) >= 11 is 0. The third kappa shape index (κ3) is 11.4. The maximum atomic E-state index is 2.65. The van der Waals surface area contributed by atoms with Crippen LogP contribution in [0.5, 0.6) is 0 Å². The van der Waals surface area contributed by atoms with Gasteiger partial charge in [0.1, 0.15) is 0 Å². The molecule has 22 rings (SSSR count). The second kappa shape index (κ2) is 28.5. The average Bonchev–Trinajstić information content (AvgIpc) is 1.52. The van der Waals surface area contributed by atoms with Crippen LogP contribution in [0.3, 0.4) is 0 Å². The molecule has 6 heteroatoms. The van der Waals surface area contributed by atoms with Crippen LogP contribution in [0.2, 0.25) is 0 Å². The SMILES string of the molecule is Cc1ccc(C)c(N(c2ccccc2C)c2c3ccccc3cc3c2c2cccc4c5c(N(c6cc(C)ccc6C)c6cc(Cc7c(C)cc(N(c8cc(C)c(C)c(C)c8)c8c9ccccc9cc9c8c8cccc%10c%11c(N(c%12cc(C)c(C)c(C)c%12)c%12cc(C)c(C)c(C)c%12)c%12ccccc%12cc%11n9c%108)cc7C)ccc6C)c6ccccc6cc5n3c24)c1. The molecule has 0 aliphatic carbocycles. The summed E-state index contributed by atoms with van der Waals surface area (Å²) in [6.45, 7) is 38.7. The van der Waals surface area contributed by atoms with Crippen LogP contribution < -0.4 is 19.6 Å². The van der Waals surface area contributed by atoms with Crippen molar-refractivity contribution in [3.05, 3.63) is 391 Å². The quantitative estimate of drug-likeness (QED) is 0.108. The largest absolute Gasteiger partial charge is 0.309 e. The monoisotopic (exact) mass is 1600 g/mol. The van der Waals surface area contributed by atoms with E-state index in [1.54, 1.807) is 0 Å². The summed E-state index contributed by atoms with van der Waals surface area (Å²) < 4.78 is 5.26. The number of nitrogens with zero attached hydrogens (tertiary/aromatic N) is 6. The fourth-order valence-corrected chi connectivity index (χ4v) is 21.4. The third-order valence-corrected chi connectivity index (χ3v) is 28.4. The van der Waals surface area contributed by atoms with Crippen LogP contribution >= 0.6 is 0 Å². The van der Waals surface area contributed by atoms with Gasteiger partial charge in [-0.15, -0.1) is 0 Å². The highest BCUT2D eigenvalue weighted by atomic mass is 15.2. The maximum absolute atomic E-state index is 2.65. The van der Waals surface area contributed by atoms with Crippen LogP contribution in [0.25, 0.3) is 119 Å². The number of anilines is 12. The summed E-state index contributed by atoms with van der Waals surface area (Å²) in [6.07, 6.45) is 0.728. The number of aryl methyl sites for hydroxylation is 14. The van der Waals surface area contributed by atoms with Crippen molar-refractivity contribution < 1.29 is 0 Å². The van der Waals surface area contributed by atoms with E-state index in [9.17, 15) is 0 Å². The Hall–Kier alpha value is -14.2. The third-order valence-electron chi connectivity index (χ3n) is 28.4. The van der Waals surface area contributed by atoms with Crippen LogP contribution in [0.1, 0.15) is 106 Å². The molecule has 0 amide bonds. The highest BCUT2D eigenvalue weighted by Crippen LogP contribution is 2.58. The molecule has 124 heavy (non-hydrogen) atoms. The van der Waals surface area contributed by atoms with Crippen molar-refractivity contribution in [2.45, 2.75) is 124 Å². The van der Waals surface area contributed by atoms with Gasteiger partial charge in [0.25, 0.3) is 0 Å². The average molecular weight is 1600 g/mol. The molecule has 0 spiro atoms. The lowest BCUT2D eigenvalue weighted by Crippen LogP contribution is -2.15. The highest BCUT2D eigenvalue weighted by Gasteiger charge is 2.34. The molecular weight excluding hydrogens is 1500 g/mol. The minimum atomic E-state index is 0.728. The van der Waals surface area contributed by atoms with Crippen molar-refractivity contribution in [2.75, 3.05) is 19.6 Å².